The normalized spacial score (nSPS) is 14.3. The van der Waals surface area contributed by atoms with Gasteiger partial charge in [0.1, 0.15) is 5.71 Å². The molecule has 1 aliphatic carbocycles. The maximum absolute atomic E-state index is 13.3. The lowest BCUT2D eigenvalue weighted by Gasteiger charge is -2.06. The lowest BCUT2D eigenvalue weighted by atomic mass is 9.96. The Morgan fingerprint density at radius 3 is 2.55 bits per heavy atom. The number of Topliss-reactive ketones (excluding diaryl/α,β-unsaturated/α-hetero) is 1. The monoisotopic (exact) mass is 438 g/mol. The first-order valence-corrected chi connectivity index (χ1v) is 10.9. The molecular formula is C27H22N2O4. The number of fused-ring (bicyclic) bond motifs is 5. The third kappa shape index (κ3) is 3.26. The number of hydrogen-bond donors (Lipinski definition) is 0. The SMILES string of the molecule is CCn1c2ccc(C(=O)c3ccccc3C)cc2c2c3c(ccc21)C(=O)C(=NOC(C)=O)C3. The summed E-state index contributed by atoms with van der Waals surface area (Å²) in [6.45, 7) is 5.98. The maximum Gasteiger partial charge on any atom is 0.331 e. The van der Waals surface area contributed by atoms with E-state index in [9.17, 15) is 14.4 Å². The highest BCUT2D eigenvalue weighted by Gasteiger charge is 2.31. The minimum atomic E-state index is -0.571. The number of aryl methyl sites for hydroxylation is 2. The van der Waals surface area contributed by atoms with E-state index in [4.69, 9.17) is 4.84 Å². The second-order valence-electron chi connectivity index (χ2n) is 8.23. The van der Waals surface area contributed by atoms with E-state index in [0.29, 0.717) is 16.7 Å². The van der Waals surface area contributed by atoms with Crippen molar-refractivity contribution >= 4 is 45.1 Å². The van der Waals surface area contributed by atoms with Gasteiger partial charge in [-0.3, -0.25) is 9.59 Å². The van der Waals surface area contributed by atoms with Crippen LogP contribution < -0.4 is 0 Å². The number of rotatable bonds is 4. The highest BCUT2D eigenvalue weighted by molar-refractivity contribution is 6.50. The van der Waals surface area contributed by atoms with Crippen molar-refractivity contribution in [3.8, 4) is 0 Å². The van der Waals surface area contributed by atoms with Gasteiger partial charge in [0.05, 0.1) is 0 Å². The first-order valence-electron chi connectivity index (χ1n) is 10.9. The molecule has 164 valence electrons. The molecule has 0 spiro atoms. The summed E-state index contributed by atoms with van der Waals surface area (Å²) in [5, 5.41) is 5.64. The summed E-state index contributed by atoms with van der Waals surface area (Å²) in [6, 6.07) is 17.0. The van der Waals surface area contributed by atoms with Gasteiger partial charge in [0, 0.05) is 58.4 Å². The molecule has 3 aromatic carbocycles. The fourth-order valence-electron chi connectivity index (χ4n) is 4.72. The Kier molecular flexibility index (Phi) is 4.93. The molecule has 1 heterocycles. The summed E-state index contributed by atoms with van der Waals surface area (Å²) >= 11 is 0. The van der Waals surface area contributed by atoms with Crippen LogP contribution in [0.4, 0.5) is 0 Å². The van der Waals surface area contributed by atoms with Crippen LogP contribution in [0.1, 0.15) is 51.3 Å². The molecule has 0 amide bonds. The Morgan fingerprint density at radius 1 is 1.06 bits per heavy atom. The quantitative estimate of drug-likeness (QED) is 0.255. The van der Waals surface area contributed by atoms with Crippen LogP contribution in [0.2, 0.25) is 0 Å². The summed E-state index contributed by atoms with van der Waals surface area (Å²) in [5.41, 5.74) is 5.80. The summed E-state index contributed by atoms with van der Waals surface area (Å²) in [7, 11) is 0. The molecule has 0 radical (unpaired) electrons. The fraction of sp³-hybridized carbons (Fsp3) is 0.185. The molecule has 0 N–H and O–H groups in total. The fourth-order valence-corrected chi connectivity index (χ4v) is 4.72. The van der Waals surface area contributed by atoms with Crippen LogP contribution in [0.15, 0.2) is 59.8 Å². The van der Waals surface area contributed by atoms with E-state index in [1.807, 2.05) is 55.5 Å². The van der Waals surface area contributed by atoms with Gasteiger partial charge in [-0.1, -0.05) is 29.4 Å². The zero-order chi connectivity index (χ0) is 23.3. The summed E-state index contributed by atoms with van der Waals surface area (Å²) in [5.74, 6) is -0.843. The number of ketones is 2. The molecule has 0 saturated carbocycles. The van der Waals surface area contributed by atoms with Crippen molar-refractivity contribution in [2.24, 2.45) is 5.16 Å². The minimum absolute atomic E-state index is 0.0341. The number of aromatic nitrogens is 1. The van der Waals surface area contributed by atoms with Crippen LogP contribution in [-0.4, -0.2) is 27.8 Å². The van der Waals surface area contributed by atoms with E-state index in [2.05, 4.69) is 16.6 Å². The minimum Gasteiger partial charge on any atom is -0.341 e. The van der Waals surface area contributed by atoms with Crippen LogP contribution in [0.3, 0.4) is 0 Å². The number of oxime groups is 1. The zero-order valence-electron chi connectivity index (χ0n) is 18.6. The van der Waals surface area contributed by atoms with Crippen molar-refractivity contribution in [2.45, 2.75) is 33.7 Å². The Bertz CT molecular complexity index is 1520. The highest BCUT2D eigenvalue weighted by atomic mass is 16.7. The van der Waals surface area contributed by atoms with Gasteiger partial charge in [0.15, 0.2) is 5.78 Å². The van der Waals surface area contributed by atoms with Gasteiger partial charge in [-0.25, -0.2) is 4.79 Å². The van der Waals surface area contributed by atoms with Gasteiger partial charge in [0.25, 0.3) is 0 Å². The van der Waals surface area contributed by atoms with Gasteiger partial charge < -0.3 is 9.40 Å². The molecule has 0 unspecified atom stereocenters. The molecule has 5 rings (SSSR count). The third-order valence-corrected chi connectivity index (χ3v) is 6.24. The first kappa shape index (κ1) is 20.8. The molecule has 6 heteroatoms. The Morgan fingerprint density at radius 2 is 1.82 bits per heavy atom. The molecule has 1 aromatic heterocycles. The largest absolute Gasteiger partial charge is 0.341 e. The first-order chi connectivity index (χ1) is 15.9. The Hall–Kier alpha value is -4.06. The topological polar surface area (TPSA) is 77.7 Å². The number of carbonyl (C=O) groups excluding carboxylic acids is 3. The number of hydrogen-bond acceptors (Lipinski definition) is 5. The van der Waals surface area contributed by atoms with Crippen LogP contribution in [0.5, 0.6) is 0 Å². The zero-order valence-corrected chi connectivity index (χ0v) is 18.6. The Labute approximate surface area is 190 Å². The van der Waals surface area contributed by atoms with Gasteiger partial charge in [-0.15, -0.1) is 0 Å². The number of benzene rings is 3. The molecule has 33 heavy (non-hydrogen) atoms. The van der Waals surface area contributed by atoms with Crippen molar-refractivity contribution in [3.05, 3.63) is 82.4 Å². The van der Waals surface area contributed by atoms with Crippen LogP contribution in [0, 0.1) is 6.92 Å². The van der Waals surface area contributed by atoms with E-state index >= 15 is 0 Å². The second kappa shape index (κ2) is 7.81. The predicted molar refractivity (Wildman–Crippen MR) is 127 cm³/mol. The van der Waals surface area contributed by atoms with Gasteiger partial charge in [-0.2, -0.15) is 0 Å². The molecular weight excluding hydrogens is 416 g/mol. The molecule has 1 aliphatic rings. The van der Waals surface area contributed by atoms with Crippen LogP contribution in [-0.2, 0) is 22.6 Å². The van der Waals surface area contributed by atoms with Crippen LogP contribution >= 0.6 is 0 Å². The van der Waals surface area contributed by atoms with Crippen molar-refractivity contribution in [3.63, 3.8) is 0 Å². The smallest absolute Gasteiger partial charge is 0.331 e. The van der Waals surface area contributed by atoms with E-state index in [1.165, 1.54) is 6.92 Å². The van der Waals surface area contributed by atoms with Crippen molar-refractivity contribution in [1.82, 2.24) is 4.57 Å². The third-order valence-electron chi connectivity index (χ3n) is 6.24. The van der Waals surface area contributed by atoms with Crippen molar-refractivity contribution in [2.75, 3.05) is 0 Å². The molecule has 0 atom stereocenters. The number of carbonyl (C=O) groups is 3. The van der Waals surface area contributed by atoms with Crippen molar-refractivity contribution < 1.29 is 19.2 Å². The Balaban J connectivity index is 1.73. The number of nitrogens with zero attached hydrogens (tertiary/aromatic N) is 2. The van der Waals surface area contributed by atoms with Crippen molar-refractivity contribution in [1.29, 1.82) is 0 Å². The summed E-state index contributed by atoms with van der Waals surface area (Å²) in [6.07, 6.45) is 0.275. The van der Waals surface area contributed by atoms with E-state index < -0.39 is 5.97 Å². The molecule has 4 aromatic rings. The summed E-state index contributed by atoms with van der Waals surface area (Å²) < 4.78 is 2.18. The molecule has 0 aliphatic heterocycles. The maximum atomic E-state index is 13.3. The molecule has 0 bridgehead atoms. The lowest BCUT2D eigenvalue weighted by Crippen LogP contribution is -2.09. The van der Waals surface area contributed by atoms with E-state index in [0.717, 1.165) is 39.5 Å². The van der Waals surface area contributed by atoms with Gasteiger partial charge in [0.2, 0.25) is 5.78 Å². The van der Waals surface area contributed by atoms with Gasteiger partial charge >= 0.3 is 5.97 Å². The molecule has 6 nitrogen and oxygen atoms in total. The lowest BCUT2D eigenvalue weighted by molar-refractivity contribution is -0.140. The second-order valence-corrected chi connectivity index (χ2v) is 8.23. The average molecular weight is 438 g/mol. The molecule has 0 fully saturated rings. The van der Waals surface area contributed by atoms with Crippen LogP contribution in [0.25, 0.3) is 21.8 Å². The average Bonchev–Trinajstić information content (AvgIpc) is 3.31. The highest BCUT2D eigenvalue weighted by Crippen LogP contribution is 2.37. The molecule has 0 saturated heterocycles. The van der Waals surface area contributed by atoms with Gasteiger partial charge in [-0.05, 0) is 55.3 Å². The summed E-state index contributed by atoms with van der Waals surface area (Å²) in [4.78, 5) is 42.1. The standard InChI is InChI=1S/C27H22N2O4/c1-4-29-23-11-9-17(26(31)18-8-6-5-7-15(18)2)13-21(23)25-20-14-22(28-33-16(3)30)27(32)19(20)10-12-24(25)29/h5-13H,4,14H2,1-3H3. The van der Waals surface area contributed by atoms with E-state index in [1.54, 1.807) is 6.07 Å². The predicted octanol–water partition coefficient (Wildman–Crippen LogP) is 5.01. The van der Waals surface area contributed by atoms with E-state index in [-0.39, 0.29) is 23.7 Å².